The molecule has 0 radical (unpaired) electrons. The number of H-pyrrole nitrogens is 1. The lowest BCUT2D eigenvalue weighted by molar-refractivity contribution is 0.0945. The molecule has 3 aromatic rings. The molecule has 2 aromatic heterocycles. The molecule has 0 atom stereocenters. The lowest BCUT2D eigenvalue weighted by Crippen LogP contribution is -2.26. The monoisotopic (exact) mass is 298 g/mol. The zero-order valence-corrected chi connectivity index (χ0v) is 12.6. The molecule has 22 heavy (non-hydrogen) atoms. The van der Waals surface area contributed by atoms with Crippen molar-refractivity contribution in [3.05, 3.63) is 41.3 Å². The van der Waals surface area contributed by atoms with E-state index in [-0.39, 0.29) is 5.91 Å². The summed E-state index contributed by atoms with van der Waals surface area (Å²) in [6, 6.07) is 8.10. The summed E-state index contributed by atoms with van der Waals surface area (Å²) in [5.74, 6) is 0.596. The number of benzene rings is 1. The van der Waals surface area contributed by atoms with Gasteiger partial charge in [0, 0.05) is 30.9 Å². The van der Waals surface area contributed by atoms with E-state index >= 15 is 0 Å². The molecule has 2 N–H and O–H groups in total. The van der Waals surface area contributed by atoms with Crippen LogP contribution in [0.1, 0.15) is 28.3 Å². The number of hydrogen-bond donors (Lipinski definition) is 2. The van der Waals surface area contributed by atoms with Gasteiger partial charge in [-0.3, -0.25) is 4.79 Å². The molecule has 7 heteroatoms. The van der Waals surface area contributed by atoms with Crippen LogP contribution >= 0.6 is 0 Å². The number of carbonyl (C=O) groups is 1. The molecule has 0 saturated heterocycles. The van der Waals surface area contributed by atoms with E-state index in [2.05, 4.69) is 38.1 Å². The molecule has 0 aliphatic rings. The lowest BCUT2D eigenvalue weighted by atomic mass is 10.2. The quantitative estimate of drug-likeness (QED) is 0.696. The molecule has 1 aromatic carbocycles. The van der Waals surface area contributed by atoms with Crippen LogP contribution in [0.15, 0.2) is 24.3 Å². The van der Waals surface area contributed by atoms with Crippen LogP contribution in [0.25, 0.3) is 10.9 Å². The summed E-state index contributed by atoms with van der Waals surface area (Å²) < 4.78 is 1.92. The number of tetrazole rings is 1. The average Bonchev–Trinajstić information content (AvgIpc) is 3.11. The number of fused-ring (bicyclic) bond motifs is 1. The highest BCUT2D eigenvalue weighted by Crippen LogP contribution is 2.20. The summed E-state index contributed by atoms with van der Waals surface area (Å²) in [4.78, 5) is 12.3. The number of nitrogens with one attached hydrogen (secondary N) is 2. The van der Waals surface area contributed by atoms with Gasteiger partial charge >= 0.3 is 0 Å². The Labute approximate surface area is 127 Å². The first kappa shape index (κ1) is 14.2. The second-order valence-corrected chi connectivity index (χ2v) is 5.34. The zero-order chi connectivity index (χ0) is 15.5. The van der Waals surface area contributed by atoms with E-state index in [1.54, 1.807) is 0 Å². The number of aromatic amines is 1. The first-order valence-corrected chi connectivity index (χ1v) is 7.22. The third-order valence-electron chi connectivity index (χ3n) is 3.68. The van der Waals surface area contributed by atoms with Gasteiger partial charge in [0.15, 0.2) is 5.82 Å². The minimum atomic E-state index is -0.0653. The first-order valence-electron chi connectivity index (χ1n) is 7.22. The van der Waals surface area contributed by atoms with Gasteiger partial charge in [-0.2, -0.15) is 5.21 Å². The minimum Gasteiger partial charge on any atom is -0.351 e. The molecule has 3 rings (SSSR count). The number of amides is 1. The molecular formula is C15H18N6O. The van der Waals surface area contributed by atoms with Crippen molar-refractivity contribution in [2.24, 2.45) is 7.05 Å². The Morgan fingerprint density at radius 1 is 1.36 bits per heavy atom. The summed E-state index contributed by atoms with van der Waals surface area (Å²) in [7, 11) is 1.91. The fraction of sp³-hybridized carbons (Fsp3) is 0.333. The second kappa shape index (κ2) is 5.97. The SMILES string of the molecule is Cc1ccc2c(c1)cc(C(=O)NCCCc1nn[nH]n1)n2C. The number of aromatic nitrogens is 5. The number of aryl methyl sites for hydroxylation is 3. The van der Waals surface area contributed by atoms with Crippen molar-refractivity contribution in [1.29, 1.82) is 0 Å². The van der Waals surface area contributed by atoms with E-state index in [1.165, 1.54) is 5.56 Å². The molecule has 0 unspecified atom stereocenters. The van der Waals surface area contributed by atoms with E-state index < -0.39 is 0 Å². The minimum absolute atomic E-state index is 0.0653. The molecule has 114 valence electrons. The molecule has 0 aliphatic carbocycles. The van der Waals surface area contributed by atoms with Crippen LogP contribution in [0.4, 0.5) is 0 Å². The Hall–Kier alpha value is -2.70. The number of rotatable bonds is 5. The number of carbonyl (C=O) groups excluding carboxylic acids is 1. The van der Waals surface area contributed by atoms with Crippen LogP contribution in [0, 0.1) is 6.92 Å². The van der Waals surface area contributed by atoms with E-state index in [0.717, 1.165) is 17.3 Å². The lowest BCUT2D eigenvalue weighted by Gasteiger charge is -2.05. The van der Waals surface area contributed by atoms with Crippen LogP contribution in [0.2, 0.25) is 0 Å². The van der Waals surface area contributed by atoms with Crippen molar-refractivity contribution in [3.63, 3.8) is 0 Å². The van der Waals surface area contributed by atoms with E-state index in [4.69, 9.17) is 0 Å². The van der Waals surface area contributed by atoms with Crippen molar-refractivity contribution < 1.29 is 4.79 Å². The van der Waals surface area contributed by atoms with Crippen LogP contribution in [-0.2, 0) is 13.5 Å². The maximum Gasteiger partial charge on any atom is 0.267 e. The molecule has 0 aliphatic heterocycles. The molecule has 1 amide bonds. The largest absolute Gasteiger partial charge is 0.351 e. The van der Waals surface area contributed by atoms with Crippen LogP contribution in [0.3, 0.4) is 0 Å². The highest BCUT2D eigenvalue weighted by atomic mass is 16.1. The standard InChI is InChI=1S/C15H18N6O/c1-10-5-6-12-11(8-10)9-13(21(12)2)15(22)16-7-3-4-14-17-19-20-18-14/h5-6,8-9H,3-4,7H2,1-2H3,(H,16,22)(H,17,18,19,20). The van der Waals surface area contributed by atoms with Gasteiger partial charge in [0.2, 0.25) is 0 Å². The predicted molar refractivity (Wildman–Crippen MR) is 82.5 cm³/mol. The molecule has 0 fully saturated rings. The van der Waals surface area contributed by atoms with Gasteiger partial charge < -0.3 is 9.88 Å². The second-order valence-electron chi connectivity index (χ2n) is 5.34. The maximum atomic E-state index is 12.3. The fourth-order valence-corrected chi connectivity index (χ4v) is 2.51. The molecular weight excluding hydrogens is 280 g/mol. The van der Waals surface area contributed by atoms with Crippen molar-refractivity contribution in [2.45, 2.75) is 19.8 Å². The van der Waals surface area contributed by atoms with Crippen molar-refractivity contribution in [3.8, 4) is 0 Å². The van der Waals surface area contributed by atoms with E-state index in [9.17, 15) is 4.79 Å². The van der Waals surface area contributed by atoms with Gasteiger partial charge in [0.05, 0.1) is 0 Å². The Morgan fingerprint density at radius 3 is 3.00 bits per heavy atom. The predicted octanol–water partition coefficient (Wildman–Crippen LogP) is 1.36. The summed E-state index contributed by atoms with van der Waals surface area (Å²) in [5.41, 5.74) is 2.91. The normalized spacial score (nSPS) is 11.0. The molecule has 0 spiro atoms. The average molecular weight is 298 g/mol. The number of nitrogens with zero attached hydrogens (tertiary/aromatic N) is 4. The Kier molecular flexibility index (Phi) is 3.86. The third-order valence-corrected chi connectivity index (χ3v) is 3.68. The van der Waals surface area contributed by atoms with Gasteiger partial charge in [0.1, 0.15) is 5.69 Å². The van der Waals surface area contributed by atoms with E-state index in [1.807, 2.05) is 30.7 Å². The van der Waals surface area contributed by atoms with Crippen molar-refractivity contribution in [1.82, 2.24) is 30.5 Å². The maximum absolute atomic E-state index is 12.3. The van der Waals surface area contributed by atoms with Gasteiger partial charge in [0.25, 0.3) is 5.91 Å². The highest BCUT2D eigenvalue weighted by molar-refractivity contribution is 5.98. The zero-order valence-electron chi connectivity index (χ0n) is 12.6. The van der Waals surface area contributed by atoms with E-state index in [0.29, 0.717) is 24.5 Å². The van der Waals surface area contributed by atoms with Crippen molar-refractivity contribution in [2.75, 3.05) is 6.54 Å². The highest BCUT2D eigenvalue weighted by Gasteiger charge is 2.12. The van der Waals surface area contributed by atoms with Crippen LogP contribution in [0.5, 0.6) is 0 Å². The number of hydrogen-bond acceptors (Lipinski definition) is 4. The molecule has 2 heterocycles. The molecule has 0 saturated carbocycles. The topological polar surface area (TPSA) is 88.5 Å². The van der Waals surface area contributed by atoms with Gasteiger partial charge in [-0.05, 0) is 31.5 Å². The fourth-order valence-electron chi connectivity index (χ4n) is 2.51. The Balaban J connectivity index is 1.63. The Bertz CT molecular complexity index is 790. The third kappa shape index (κ3) is 2.83. The first-order chi connectivity index (χ1) is 10.6. The van der Waals surface area contributed by atoms with Crippen molar-refractivity contribution >= 4 is 16.8 Å². The molecule has 0 bridgehead atoms. The smallest absolute Gasteiger partial charge is 0.267 e. The van der Waals surface area contributed by atoms with Crippen LogP contribution < -0.4 is 5.32 Å². The Morgan fingerprint density at radius 2 is 2.23 bits per heavy atom. The summed E-state index contributed by atoms with van der Waals surface area (Å²) in [6.07, 6.45) is 1.46. The van der Waals surface area contributed by atoms with Gasteiger partial charge in [-0.25, -0.2) is 0 Å². The summed E-state index contributed by atoms with van der Waals surface area (Å²) in [5, 5.41) is 17.7. The summed E-state index contributed by atoms with van der Waals surface area (Å²) in [6.45, 7) is 2.62. The van der Waals surface area contributed by atoms with Crippen LogP contribution in [-0.4, -0.2) is 37.6 Å². The molecule has 7 nitrogen and oxygen atoms in total. The van der Waals surface area contributed by atoms with Gasteiger partial charge in [-0.15, -0.1) is 10.2 Å². The summed E-state index contributed by atoms with van der Waals surface area (Å²) >= 11 is 0. The van der Waals surface area contributed by atoms with Gasteiger partial charge in [-0.1, -0.05) is 16.8 Å².